The lowest BCUT2D eigenvalue weighted by Crippen LogP contribution is -2.38. The third-order valence-corrected chi connectivity index (χ3v) is 6.11. The van der Waals surface area contributed by atoms with Crippen LogP contribution in [0.3, 0.4) is 0 Å². The smallest absolute Gasteiger partial charge is 0.309 e. The summed E-state index contributed by atoms with van der Waals surface area (Å²) in [6.45, 7) is 12.5. The number of fused-ring (bicyclic) bond motifs is 1. The molecule has 30 heavy (non-hydrogen) atoms. The molecule has 1 fully saturated rings. The van der Waals surface area contributed by atoms with Crippen molar-refractivity contribution >= 4 is 23.0 Å². The van der Waals surface area contributed by atoms with Gasteiger partial charge in [-0.2, -0.15) is 0 Å². The van der Waals surface area contributed by atoms with E-state index in [9.17, 15) is 4.79 Å². The minimum atomic E-state index is -0.0637. The highest BCUT2D eigenvalue weighted by molar-refractivity contribution is 5.83. The Morgan fingerprint density at radius 1 is 1.00 bits per heavy atom. The number of aromatic nitrogens is 2. The zero-order valence-electron chi connectivity index (χ0n) is 18.7. The average Bonchev–Trinajstić information content (AvgIpc) is 3.06. The van der Waals surface area contributed by atoms with Gasteiger partial charge in [-0.3, -0.25) is 9.36 Å². The number of carbonyl (C=O) groups excluding carboxylic acids is 1. The van der Waals surface area contributed by atoms with Crippen LogP contribution in [0.4, 0.5) is 5.95 Å². The molecule has 0 N–H and O–H groups in total. The molecule has 0 radical (unpaired) electrons. The standard InChI is InChI=1S/C25H31N3O2/c1-6-30-24(29)20-7-9-27(10-8-20)25-26-22-14-18(4)19(5)15-23(22)28(25)21-12-16(2)11-17(3)13-21/h11-15,20H,6-10H2,1-5H3. The molecule has 0 spiro atoms. The Labute approximate surface area is 178 Å². The minimum absolute atomic E-state index is 0.00951. The molecule has 5 nitrogen and oxygen atoms in total. The lowest BCUT2D eigenvalue weighted by atomic mass is 9.97. The van der Waals surface area contributed by atoms with Gasteiger partial charge in [0.25, 0.3) is 0 Å². The summed E-state index contributed by atoms with van der Waals surface area (Å²) in [7, 11) is 0. The summed E-state index contributed by atoms with van der Waals surface area (Å²) in [5.74, 6) is 0.887. The first-order valence-electron chi connectivity index (χ1n) is 10.9. The van der Waals surface area contributed by atoms with Crippen molar-refractivity contribution in [2.24, 2.45) is 5.92 Å². The van der Waals surface area contributed by atoms with Gasteiger partial charge < -0.3 is 9.64 Å². The van der Waals surface area contributed by atoms with Crippen LogP contribution in [0, 0.1) is 33.6 Å². The number of hydrogen-bond donors (Lipinski definition) is 0. The molecule has 0 amide bonds. The number of esters is 1. The van der Waals surface area contributed by atoms with E-state index in [2.05, 4.69) is 67.5 Å². The fraction of sp³-hybridized carbons (Fsp3) is 0.440. The van der Waals surface area contributed by atoms with Crippen LogP contribution >= 0.6 is 0 Å². The van der Waals surface area contributed by atoms with Gasteiger partial charge in [0.1, 0.15) is 0 Å². The molecule has 4 rings (SSSR count). The summed E-state index contributed by atoms with van der Waals surface area (Å²) in [5, 5.41) is 0. The van der Waals surface area contributed by atoms with Crippen molar-refractivity contribution in [3.8, 4) is 5.69 Å². The molecule has 0 atom stereocenters. The van der Waals surface area contributed by atoms with Gasteiger partial charge in [0.2, 0.25) is 5.95 Å². The Morgan fingerprint density at radius 2 is 1.63 bits per heavy atom. The molecule has 1 saturated heterocycles. The molecular weight excluding hydrogens is 374 g/mol. The van der Waals surface area contributed by atoms with Crippen molar-refractivity contribution in [1.29, 1.82) is 0 Å². The number of ether oxygens (including phenoxy) is 1. The van der Waals surface area contributed by atoms with Gasteiger partial charge in [-0.25, -0.2) is 4.98 Å². The maximum absolute atomic E-state index is 12.2. The number of carbonyl (C=O) groups is 1. The van der Waals surface area contributed by atoms with Crippen LogP contribution in [0.5, 0.6) is 0 Å². The van der Waals surface area contributed by atoms with Gasteiger partial charge >= 0.3 is 5.97 Å². The summed E-state index contributed by atoms with van der Waals surface area (Å²) >= 11 is 0. The number of benzene rings is 2. The second kappa shape index (κ2) is 8.13. The van der Waals surface area contributed by atoms with Crippen molar-refractivity contribution in [1.82, 2.24) is 9.55 Å². The molecule has 1 aliphatic rings. The molecule has 3 aromatic rings. The lowest BCUT2D eigenvalue weighted by molar-refractivity contribution is -0.148. The molecule has 5 heteroatoms. The summed E-state index contributed by atoms with van der Waals surface area (Å²) < 4.78 is 7.52. The molecule has 0 aliphatic carbocycles. The maximum Gasteiger partial charge on any atom is 0.309 e. The Balaban J connectivity index is 1.77. The van der Waals surface area contributed by atoms with Gasteiger partial charge in [-0.05, 0) is 94.0 Å². The molecular formula is C25H31N3O2. The van der Waals surface area contributed by atoms with Gasteiger partial charge in [-0.15, -0.1) is 0 Å². The summed E-state index contributed by atoms with van der Waals surface area (Å²) in [6.07, 6.45) is 1.60. The van der Waals surface area contributed by atoms with E-state index in [0.717, 1.165) is 48.6 Å². The third kappa shape index (κ3) is 3.81. The first-order valence-corrected chi connectivity index (χ1v) is 10.9. The molecule has 158 valence electrons. The third-order valence-electron chi connectivity index (χ3n) is 6.11. The molecule has 1 aromatic heterocycles. The first kappa shape index (κ1) is 20.5. The van der Waals surface area contributed by atoms with Crippen LogP contribution in [-0.2, 0) is 9.53 Å². The second-order valence-corrected chi connectivity index (χ2v) is 8.53. The predicted octanol–water partition coefficient (Wildman–Crippen LogP) is 5.04. The van der Waals surface area contributed by atoms with Crippen molar-refractivity contribution in [2.75, 3.05) is 24.6 Å². The van der Waals surface area contributed by atoms with Crippen molar-refractivity contribution in [2.45, 2.75) is 47.5 Å². The average molecular weight is 406 g/mol. The molecule has 0 bridgehead atoms. The molecule has 0 unspecified atom stereocenters. The number of anilines is 1. The fourth-order valence-corrected chi connectivity index (χ4v) is 4.44. The Morgan fingerprint density at radius 3 is 2.27 bits per heavy atom. The quantitative estimate of drug-likeness (QED) is 0.571. The van der Waals surface area contributed by atoms with Crippen LogP contribution in [0.15, 0.2) is 30.3 Å². The topological polar surface area (TPSA) is 47.4 Å². The first-order chi connectivity index (χ1) is 14.4. The molecule has 2 aromatic carbocycles. The molecule has 1 aliphatic heterocycles. The Bertz CT molecular complexity index is 1070. The molecule has 0 saturated carbocycles. The van der Waals surface area contributed by atoms with E-state index in [-0.39, 0.29) is 11.9 Å². The summed E-state index contributed by atoms with van der Waals surface area (Å²) in [5.41, 5.74) is 8.28. The van der Waals surface area contributed by atoms with Crippen molar-refractivity contribution in [3.05, 3.63) is 52.6 Å². The largest absolute Gasteiger partial charge is 0.466 e. The predicted molar refractivity (Wildman–Crippen MR) is 122 cm³/mol. The van der Waals surface area contributed by atoms with Crippen LogP contribution in [0.25, 0.3) is 16.7 Å². The number of aryl methyl sites for hydroxylation is 4. The highest BCUT2D eigenvalue weighted by atomic mass is 16.5. The van der Waals surface area contributed by atoms with Gasteiger partial charge in [-0.1, -0.05) is 6.07 Å². The maximum atomic E-state index is 12.2. The number of rotatable bonds is 4. The zero-order valence-corrected chi connectivity index (χ0v) is 18.7. The zero-order chi connectivity index (χ0) is 21.4. The van der Waals surface area contributed by atoms with Crippen molar-refractivity contribution in [3.63, 3.8) is 0 Å². The SMILES string of the molecule is CCOC(=O)C1CCN(c2nc3cc(C)c(C)cc3n2-c2cc(C)cc(C)c2)CC1. The summed E-state index contributed by atoms with van der Waals surface area (Å²) in [6, 6.07) is 11.1. The highest BCUT2D eigenvalue weighted by Crippen LogP contribution is 2.32. The second-order valence-electron chi connectivity index (χ2n) is 8.53. The number of piperidine rings is 1. The number of hydrogen-bond acceptors (Lipinski definition) is 4. The van der Waals surface area contributed by atoms with Gasteiger partial charge in [0.05, 0.1) is 23.6 Å². The minimum Gasteiger partial charge on any atom is -0.466 e. The van der Waals surface area contributed by atoms with Crippen LogP contribution in [-0.4, -0.2) is 35.2 Å². The van der Waals surface area contributed by atoms with E-state index in [0.29, 0.717) is 6.61 Å². The van der Waals surface area contributed by atoms with E-state index >= 15 is 0 Å². The van der Waals surface area contributed by atoms with E-state index in [4.69, 9.17) is 9.72 Å². The molecule has 2 heterocycles. The summed E-state index contributed by atoms with van der Waals surface area (Å²) in [4.78, 5) is 19.5. The number of imidazole rings is 1. The van der Waals surface area contributed by atoms with E-state index in [1.54, 1.807) is 0 Å². The number of nitrogens with zero attached hydrogens (tertiary/aromatic N) is 3. The Kier molecular flexibility index (Phi) is 5.54. The normalized spacial score (nSPS) is 15.0. The van der Waals surface area contributed by atoms with E-state index in [1.165, 1.54) is 22.3 Å². The Hall–Kier alpha value is -2.82. The van der Waals surface area contributed by atoms with E-state index < -0.39 is 0 Å². The fourth-order valence-electron chi connectivity index (χ4n) is 4.44. The van der Waals surface area contributed by atoms with Crippen LogP contribution in [0.2, 0.25) is 0 Å². The van der Waals surface area contributed by atoms with Crippen molar-refractivity contribution < 1.29 is 9.53 Å². The highest BCUT2D eigenvalue weighted by Gasteiger charge is 2.29. The van der Waals surface area contributed by atoms with E-state index in [1.807, 2.05) is 6.92 Å². The lowest BCUT2D eigenvalue weighted by Gasteiger charge is -2.32. The van der Waals surface area contributed by atoms with Gasteiger partial charge in [0.15, 0.2) is 0 Å². The monoisotopic (exact) mass is 405 g/mol. The van der Waals surface area contributed by atoms with Crippen LogP contribution in [0.1, 0.15) is 42.0 Å². The van der Waals surface area contributed by atoms with Gasteiger partial charge in [0, 0.05) is 18.8 Å². The van der Waals surface area contributed by atoms with Crippen LogP contribution < -0.4 is 4.90 Å².